The summed E-state index contributed by atoms with van der Waals surface area (Å²) in [5, 5.41) is 13.8. The van der Waals surface area contributed by atoms with E-state index in [0.717, 1.165) is 46.6 Å². The zero-order valence-electron chi connectivity index (χ0n) is 18.1. The minimum absolute atomic E-state index is 0.0747. The molecule has 1 fully saturated rings. The summed E-state index contributed by atoms with van der Waals surface area (Å²) in [5.74, 6) is 4.11. The van der Waals surface area contributed by atoms with E-state index in [1.807, 2.05) is 60.0 Å². The van der Waals surface area contributed by atoms with Gasteiger partial charge in [-0.3, -0.25) is 4.57 Å². The molecular weight excluding hydrogens is 426 g/mol. The largest absolute Gasteiger partial charge is 0.497 e. The molecule has 4 aromatic rings. The van der Waals surface area contributed by atoms with Crippen molar-refractivity contribution in [2.45, 2.75) is 36.1 Å². The maximum atomic E-state index is 5.53. The van der Waals surface area contributed by atoms with Crippen LogP contribution in [0.5, 0.6) is 11.5 Å². The topological polar surface area (TPSA) is 88.1 Å². The fourth-order valence-corrected chi connectivity index (χ4v) is 4.29. The van der Waals surface area contributed by atoms with E-state index in [9.17, 15) is 0 Å². The number of methoxy groups -OCH3 is 2. The van der Waals surface area contributed by atoms with Gasteiger partial charge < -0.3 is 14.0 Å². The number of nitrogens with zero attached hydrogens (tertiary/aromatic N) is 5. The molecule has 0 bridgehead atoms. The van der Waals surface area contributed by atoms with Crippen LogP contribution in [0.3, 0.4) is 0 Å². The molecule has 32 heavy (non-hydrogen) atoms. The van der Waals surface area contributed by atoms with Crippen molar-refractivity contribution >= 4 is 11.8 Å². The second-order valence-corrected chi connectivity index (χ2v) is 8.90. The van der Waals surface area contributed by atoms with Gasteiger partial charge in [0.05, 0.1) is 19.5 Å². The highest BCUT2D eigenvalue weighted by Gasteiger charge is 2.30. The van der Waals surface area contributed by atoms with E-state index in [1.165, 1.54) is 11.8 Å². The van der Waals surface area contributed by atoms with Crippen molar-refractivity contribution in [2.75, 3.05) is 14.2 Å². The van der Waals surface area contributed by atoms with E-state index >= 15 is 0 Å². The molecule has 0 spiro atoms. The predicted octanol–water partition coefficient (Wildman–Crippen LogP) is 5.07. The van der Waals surface area contributed by atoms with E-state index < -0.39 is 0 Å². The summed E-state index contributed by atoms with van der Waals surface area (Å²) in [7, 11) is 3.30. The normalized spacial score (nSPS) is 14.3. The third-order valence-electron chi connectivity index (χ3n) is 5.32. The highest BCUT2D eigenvalue weighted by atomic mass is 32.2. The summed E-state index contributed by atoms with van der Waals surface area (Å²) >= 11 is 1.53. The van der Waals surface area contributed by atoms with Gasteiger partial charge in [0.1, 0.15) is 11.5 Å². The summed E-state index contributed by atoms with van der Waals surface area (Å²) in [6.45, 7) is 2.03. The van der Waals surface area contributed by atoms with Crippen LogP contribution in [-0.2, 0) is 0 Å². The lowest BCUT2D eigenvalue weighted by Crippen LogP contribution is -2.01. The summed E-state index contributed by atoms with van der Waals surface area (Å²) in [6.07, 6.45) is 2.27. The van der Waals surface area contributed by atoms with Crippen LogP contribution in [-0.4, -0.2) is 39.1 Å². The number of aromatic nitrogens is 5. The van der Waals surface area contributed by atoms with Crippen LogP contribution in [0.4, 0.5) is 0 Å². The van der Waals surface area contributed by atoms with Gasteiger partial charge in [0.25, 0.3) is 0 Å². The second-order valence-electron chi connectivity index (χ2n) is 7.60. The van der Waals surface area contributed by atoms with Gasteiger partial charge in [0, 0.05) is 17.2 Å². The Morgan fingerprint density at radius 1 is 1.03 bits per heavy atom. The highest BCUT2D eigenvalue weighted by Crippen LogP contribution is 2.41. The van der Waals surface area contributed by atoms with Crippen molar-refractivity contribution in [3.05, 3.63) is 60.2 Å². The number of benzene rings is 2. The Hall–Kier alpha value is -3.33. The number of ether oxygens (including phenoxy) is 2. The molecule has 0 saturated heterocycles. The first-order valence-electron chi connectivity index (χ1n) is 10.4. The first-order valence-corrected chi connectivity index (χ1v) is 11.3. The molecule has 2 aromatic heterocycles. The van der Waals surface area contributed by atoms with E-state index in [-0.39, 0.29) is 5.25 Å². The van der Waals surface area contributed by atoms with Crippen molar-refractivity contribution in [3.8, 4) is 28.6 Å². The molecule has 5 rings (SSSR count). The van der Waals surface area contributed by atoms with Crippen LogP contribution < -0.4 is 9.47 Å². The van der Waals surface area contributed by atoms with Crippen molar-refractivity contribution in [3.63, 3.8) is 0 Å². The molecule has 1 aliphatic rings. The zero-order valence-corrected chi connectivity index (χ0v) is 18.9. The zero-order chi connectivity index (χ0) is 22.1. The maximum Gasteiger partial charge on any atom is 0.239 e. The smallest absolute Gasteiger partial charge is 0.239 e. The van der Waals surface area contributed by atoms with Gasteiger partial charge in [0.2, 0.25) is 5.89 Å². The van der Waals surface area contributed by atoms with Gasteiger partial charge in [0.15, 0.2) is 16.8 Å². The molecule has 164 valence electrons. The number of thioether (sulfide) groups is 1. The Labute approximate surface area is 190 Å². The molecule has 8 nitrogen and oxygen atoms in total. The van der Waals surface area contributed by atoms with Gasteiger partial charge in [-0.25, -0.2) is 0 Å². The minimum atomic E-state index is -0.0747. The fourth-order valence-electron chi connectivity index (χ4n) is 3.39. The van der Waals surface area contributed by atoms with Crippen LogP contribution in [0.25, 0.3) is 17.1 Å². The molecule has 0 radical (unpaired) electrons. The SMILES string of the molecule is COc1ccc(-n2c(SC(C)c3nc(C4CC4)no3)nnc2-c2cccc(OC)c2)cc1. The van der Waals surface area contributed by atoms with Gasteiger partial charge in [-0.05, 0) is 56.2 Å². The van der Waals surface area contributed by atoms with Crippen molar-refractivity contribution in [2.24, 2.45) is 0 Å². The molecule has 1 saturated carbocycles. The predicted molar refractivity (Wildman–Crippen MR) is 120 cm³/mol. The van der Waals surface area contributed by atoms with Gasteiger partial charge >= 0.3 is 0 Å². The quantitative estimate of drug-likeness (QED) is 0.345. The maximum absolute atomic E-state index is 5.53. The summed E-state index contributed by atoms with van der Waals surface area (Å²) < 4.78 is 18.3. The molecule has 0 N–H and O–H groups in total. The minimum Gasteiger partial charge on any atom is -0.497 e. The molecule has 2 aromatic carbocycles. The average molecular weight is 450 g/mol. The number of rotatable bonds is 8. The first-order chi connectivity index (χ1) is 15.7. The lowest BCUT2D eigenvalue weighted by atomic mass is 10.2. The molecule has 9 heteroatoms. The van der Waals surface area contributed by atoms with E-state index in [1.54, 1.807) is 14.2 Å². The van der Waals surface area contributed by atoms with Crippen LogP contribution in [0.1, 0.15) is 42.6 Å². The van der Waals surface area contributed by atoms with Crippen LogP contribution in [0.15, 0.2) is 58.2 Å². The van der Waals surface area contributed by atoms with Crippen LogP contribution in [0, 0.1) is 0 Å². The van der Waals surface area contributed by atoms with Gasteiger partial charge in [-0.15, -0.1) is 10.2 Å². The average Bonchev–Trinajstić information content (AvgIpc) is 3.41. The fraction of sp³-hybridized carbons (Fsp3) is 0.304. The molecule has 1 aliphatic carbocycles. The van der Waals surface area contributed by atoms with E-state index in [2.05, 4.69) is 20.3 Å². The molecular formula is C23H23N5O3S. The van der Waals surface area contributed by atoms with E-state index in [0.29, 0.717) is 17.6 Å². The highest BCUT2D eigenvalue weighted by molar-refractivity contribution is 7.99. The Bertz CT molecular complexity index is 1220. The van der Waals surface area contributed by atoms with Crippen LogP contribution >= 0.6 is 11.8 Å². The first kappa shape index (κ1) is 20.6. The summed E-state index contributed by atoms with van der Waals surface area (Å²) in [6, 6.07) is 15.6. The summed E-state index contributed by atoms with van der Waals surface area (Å²) in [4.78, 5) is 4.59. The van der Waals surface area contributed by atoms with Crippen LogP contribution in [0.2, 0.25) is 0 Å². The molecule has 0 aliphatic heterocycles. The summed E-state index contributed by atoms with van der Waals surface area (Å²) in [5.41, 5.74) is 1.83. The van der Waals surface area contributed by atoms with Crippen molar-refractivity contribution in [1.82, 2.24) is 24.9 Å². The molecule has 0 amide bonds. The van der Waals surface area contributed by atoms with Crippen molar-refractivity contribution in [1.29, 1.82) is 0 Å². The van der Waals surface area contributed by atoms with Gasteiger partial charge in [-0.2, -0.15) is 4.98 Å². The Kier molecular flexibility index (Phi) is 5.57. The lowest BCUT2D eigenvalue weighted by molar-refractivity contribution is 0.374. The van der Waals surface area contributed by atoms with Crippen molar-refractivity contribution < 1.29 is 14.0 Å². The third kappa shape index (κ3) is 4.08. The molecule has 1 atom stereocenters. The third-order valence-corrected chi connectivity index (χ3v) is 6.35. The van der Waals surface area contributed by atoms with E-state index in [4.69, 9.17) is 14.0 Å². The number of hydrogen-bond donors (Lipinski definition) is 0. The Morgan fingerprint density at radius 3 is 2.53 bits per heavy atom. The molecule has 2 heterocycles. The number of hydrogen-bond acceptors (Lipinski definition) is 8. The second kappa shape index (κ2) is 8.66. The lowest BCUT2D eigenvalue weighted by Gasteiger charge is -2.13. The standard InChI is InChI=1S/C23H23N5O3S/c1-14(22-24-20(27-31-22)15-7-8-15)32-23-26-25-21(16-5-4-6-19(13-16)30-3)28(23)17-9-11-18(29-2)12-10-17/h4-6,9-15H,7-8H2,1-3H3. The Morgan fingerprint density at radius 2 is 1.81 bits per heavy atom. The monoisotopic (exact) mass is 449 g/mol. The Balaban J connectivity index is 1.52. The van der Waals surface area contributed by atoms with Gasteiger partial charge in [-0.1, -0.05) is 29.1 Å². The molecule has 1 unspecified atom stereocenters.